The Kier molecular flexibility index (Phi) is 2.63. The Hall–Kier alpha value is -0.690. The van der Waals surface area contributed by atoms with E-state index in [1.807, 2.05) is 26.8 Å². The molecule has 0 bridgehead atoms. The molecule has 1 rings (SSSR count). The van der Waals surface area contributed by atoms with E-state index >= 15 is 0 Å². The summed E-state index contributed by atoms with van der Waals surface area (Å²) in [6.07, 6.45) is 0. The van der Waals surface area contributed by atoms with E-state index in [0.29, 0.717) is 16.7 Å². The molecule has 1 aromatic carbocycles. The average molecular weight is 185 g/mol. The molecule has 2 heteroatoms. The zero-order valence-electron chi connectivity index (χ0n) is 7.56. The van der Waals surface area contributed by atoms with Crippen LogP contribution < -0.4 is 0 Å². The summed E-state index contributed by atoms with van der Waals surface area (Å²) in [5, 5.41) is 10.1. The van der Waals surface area contributed by atoms with Gasteiger partial charge in [-0.25, -0.2) is 0 Å². The van der Waals surface area contributed by atoms with Crippen LogP contribution in [0.1, 0.15) is 30.9 Å². The third kappa shape index (κ3) is 1.72. The van der Waals surface area contributed by atoms with Gasteiger partial charge in [0.15, 0.2) is 0 Å². The lowest BCUT2D eigenvalue weighted by Gasteiger charge is -2.09. The van der Waals surface area contributed by atoms with Gasteiger partial charge in [0, 0.05) is 5.02 Å². The van der Waals surface area contributed by atoms with Gasteiger partial charge in [-0.15, -0.1) is 0 Å². The van der Waals surface area contributed by atoms with E-state index in [0.717, 1.165) is 11.1 Å². The first-order valence-corrected chi connectivity index (χ1v) is 4.39. The lowest BCUT2D eigenvalue weighted by atomic mass is 10.0. The van der Waals surface area contributed by atoms with Gasteiger partial charge in [-0.2, -0.15) is 0 Å². The Balaban J connectivity index is 3.23. The van der Waals surface area contributed by atoms with Gasteiger partial charge in [0.25, 0.3) is 0 Å². The summed E-state index contributed by atoms with van der Waals surface area (Å²) >= 11 is 5.83. The highest BCUT2D eigenvalue weighted by molar-refractivity contribution is 6.31. The highest BCUT2D eigenvalue weighted by Gasteiger charge is 2.07. The molecule has 0 atom stereocenters. The summed E-state index contributed by atoms with van der Waals surface area (Å²) in [6.45, 7) is 6.03. The van der Waals surface area contributed by atoms with Gasteiger partial charge in [-0.1, -0.05) is 31.5 Å². The van der Waals surface area contributed by atoms with Gasteiger partial charge in [-0.3, -0.25) is 0 Å². The van der Waals surface area contributed by atoms with Crippen LogP contribution in [0, 0.1) is 6.92 Å². The lowest BCUT2D eigenvalue weighted by molar-refractivity contribution is 0.464. The number of benzene rings is 1. The fourth-order valence-electron chi connectivity index (χ4n) is 1.16. The van der Waals surface area contributed by atoms with Gasteiger partial charge in [0.1, 0.15) is 5.75 Å². The molecule has 0 aromatic heterocycles. The molecule has 1 nitrogen and oxygen atoms in total. The fourth-order valence-corrected chi connectivity index (χ4v) is 1.31. The maximum absolute atomic E-state index is 9.50. The molecule has 0 aliphatic heterocycles. The van der Waals surface area contributed by atoms with Gasteiger partial charge < -0.3 is 5.11 Å². The van der Waals surface area contributed by atoms with Crippen molar-refractivity contribution >= 4 is 11.6 Å². The highest BCUT2D eigenvalue weighted by Crippen LogP contribution is 2.30. The molecular weight excluding hydrogens is 172 g/mol. The molecule has 12 heavy (non-hydrogen) atoms. The monoisotopic (exact) mass is 184 g/mol. The quantitative estimate of drug-likeness (QED) is 0.709. The SMILES string of the molecule is Cc1cc(C(C)C)c(O)cc1Cl. The van der Waals surface area contributed by atoms with Crippen LogP contribution in [0.15, 0.2) is 12.1 Å². The molecule has 0 unspecified atom stereocenters. The van der Waals surface area contributed by atoms with Crippen LogP contribution in [0.25, 0.3) is 0 Å². The Morgan fingerprint density at radius 1 is 1.33 bits per heavy atom. The maximum Gasteiger partial charge on any atom is 0.120 e. The second-order valence-corrected chi connectivity index (χ2v) is 3.72. The molecule has 1 N–H and O–H groups in total. The van der Waals surface area contributed by atoms with Crippen LogP contribution in [0.4, 0.5) is 0 Å². The van der Waals surface area contributed by atoms with Crippen molar-refractivity contribution in [3.63, 3.8) is 0 Å². The van der Waals surface area contributed by atoms with Gasteiger partial charge >= 0.3 is 0 Å². The highest BCUT2D eigenvalue weighted by atomic mass is 35.5. The first-order chi connectivity index (χ1) is 5.52. The van der Waals surface area contributed by atoms with Crippen molar-refractivity contribution in [2.45, 2.75) is 26.7 Å². The van der Waals surface area contributed by atoms with Gasteiger partial charge in [-0.05, 0) is 30.0 Å². The fraction of sp³-hybridized carbons (Fsp3) is 0.400. The summed E-state index contributed by atoms with van der Waals surface area (Å²) in [5.74, 6) is 0.626. The summed E-state index contributed by atoms with van der Waals surface area (Å²) < 4.78 is 0. The minimum atomic E-state index is 0.292. The number of hydrogen-bond donors (Lipinski definition) is 1. The Morgan fingerprint density at radius 2 is 1.92 bits per heavy atom. The second-order valence-electron chi connectivity index (χ2n) is 3.31. The first kappa shape index (κ1) is 9.40. The molecule has 66 valence electrons. The van der Waals surface area contributed by atoms with E-state index in [9.17, 15) is 5.11 Å². The molecule has 0 spiro atoms. The minimum Gasteiger partial charge on any atom is -0.508 e. The topological polar surface area (TPSA) is 20.2 Å². The third-order valence-corrected chi connectivity index (χ3v) is 2.34. The van der Waals surface area contributed by atoms with Crippen molar-refractivity contribution in [1.29, 1.82) is 0 Å². The molecular formula is C10H13ClO. The van der Waals surface area contributed by atoms with E-state index in [1.165, 1.54) is 0 Å². The van der Waals surface area contributed by atoms with Crippen LogP contribution in [0.3, 0.4) is 0 Å². The molecule has 0 saturated carbocycles. The van der Waals surface area contributed by atoms with Crippen LogP contribution in [-0.2, 0) is 0 Å². The van der Waals surface area contributed by atoms with Crippen LogP contribution in [-0.4, -0.2) is 5.11 Å². The van der Waals surface area contributed by atoms with E-state index in [-0.39, 0.29) is 0 Å². The van der Waals surface area contributed by atoms with Crippen molar-refractivity contribution in [3.8, 4) is 5.75 Å². The molecule has 0 radical (unpaired) electrons. The van der Waals surface area contributed by atoms with Gasteiger partial charge in [0.2, 0.25) is 0 Å². The van der Waals surface area contributed by atoms with E-state index in [1.54, 1.807) is 6.07 Å². The van der Waals surface area contributed by atoms with Gasteiger partial charge in [0.05, 0.1) is 0 Å². The number of hydrogen-bond acceptors (Lipinski definition) is 1. The summed E-state index contributed by atoms with van der Waals surface area (Å²) in [4.78, 5) is 0. The number of halogens is 1. The minimum absolute atomic E-state index is 0.292. The Labute approximate surface area is 78.0 Å². The maximum atomic E-state index is 9.50. The van der Waals surface area contributed by atoms with E-state index < -0.39 is 0 Å². The van der Waals surface area contributed by atoms with Crippen molar-refractivity contribution in [1.82, 2.24) is 0 Å². The largest absolute Gasteiger partial charge is 0.508 e. The number of rotatable bonds is 1. The molecule has 0 fully saturated rings. The number of phenols is 1. The van der Waals surface area contributed by atoms with Crippen LogP contribution in [0.5, 0.6) is 5.75 Å². The van der Waals surface area contributed by atoms with Crippen molar-refractivity contribution < 1.29 is 5.11 Å². The van der Waals surface area contributed by atoms with Crippen LogP contribution >= 0.6 is 11.6 Å². The lowest BCUT2D eigenvalue weighted by Crippen LogP contribution is -1.89. The predicted octanol–water partition coefficient (Wildman–Crippen LogP) is 3.48. The molecule has 0 aliphatic carbocycles. The van der Waals surface area contributed by atoms with Crippen molar-refractivity contribution in [3.05, 3.63) is 28.3 Å². The molecule has 0 amide bonds. The third-order valence-electron chi connectivity index (χ3n) is 1.93. The molecule has 0 saturated heterocycles. The second kappa shape index (κ2) is 3.36. The molecule has 0 aliphatic rings. The number of aryl methyl sites for hydroxylation is 1. The molecule has 1 aromatic rings. The predicted molar refractivity (Wildman–Crippen MR) is 51.9 cm³/mol. The standard InChI is InChI=1S/C10H13ClO/c1-6(2)8-4-7(3)9(11)5-10(8)12/h4-6,12H,1-3H3. The summed E-state index contributed by atoms with van der Waals surface area (Å²) in [7, 11) is 0. The van der Waals surface area contributed by atoms with Crippen molar-refractivity contribution in [2.75, 3.05) is 0 Å². The number of phenolic OH excluding ortho intramolecular Hbond substituents is 1. The molecule has 0 heterocycles. The van der Waals surface area contributed by atoms with E-state index in [2.05, 4.69) is 0 Å². The van der Waals surface area contributed by atoms with E-state index in [4.69, 9.17) is 11.6 Å². The Bertz CT molecular complexity index is 292. The Morgan fingerprint density at radius 3 is 2.42 bits per heavy atom. The average Bonchev–Trinajstić information content (AvgIpc) is 1.96. The normalized spacial score (nSPS) is 10.8. The van der Waals surface area contributed by atoms with Crippen LogP contribution in [0.2, 0.25) is 5.02 Å². The van der Waals surface area contributed by atoms with Crippen molar-refractivity contribution in [2.24, 2.45) is 0 Å². The zero-order valence-corrected chi connectivity index (χ0v) is 8.31. The zero-order chi connectivity index (χ0) is 9.30. The first-order valence-electron chi connectivity index (χ1n) is 4.01. The smallest absolute Gasteiger partial charge is 0.120 e. The number of aromatic hydroxyl groups is 1. The summed E-state index contributed by atoms with van der Waals surface area (Å²) in [5.41, 5.74) is 1.97. The summed E-state index contributed by atoms with van der Waals surface area (Å²) in [6, 6.07) is 3.54.